The molecule has 0 aliphatic heterocycles. The van der Waals surface area contributed by atoms with Crippen LogP contribution in [0.15, 0.2) is 16.7 Å². The molecule has 0 unspecified atom stereocenters. The summed E-state index contributed by atoms with van der Waals surface area (Å²) in [7, 11) is 0. The average molecular weight is 223 g/mol. The summed E-state index contributed by atoms with van der Waals surface area (Å²) in [5.41, 5.74) is 0.603. The second-order valence-electron chi connectivity index (χ2n) is 4.37. The molecule has 2 N–H and O–H groups in total. The molecule has 0 spiro atoms. The average Bonchev–Trinajstić information content (AvgIpc) is 2.68. The molecule has 1 saturated carbocycles. The lowest BCUT2D eigenvalue weighted by Crippen LogP contribution is -2.38. The van der Waals surface area contributed by atoms with Gasteiger partial charge in [0.1, 0.15) is 5.76 Å². The van der Waals surface area contributed by atoms with Crippen LogP contribution in [0.1, 0.15) is 41.8 Å². The second kappa shape index (κ2) is 4.70. The monoisotopic (exact) mass is 223 g/mol. The van der Waals surface area contributed by atoms with Crippen LogP contribution < -0.4 is 5.32 Å². The van der Waals surface area contributed by atoms with Gasteiger partial charge in [-0.05, 0) is 38.7 Å². The highest BCUT2D eigenvalue weighted by Crippen LogP contribution is 2.19. The number of hydrogen-bond donors (Lipinski definition) is 2. The van der Waals surface area contributed by atoms with Crippen molar-refractivity contribution in [3.8, 4) is 0 Å². The van der Waals surface area contributed by atoms with E-state index in [0.29, 0.717) is 11.3 Å². The van der Waals surface area contributed by atoms with E-state index in [4.69, 9.17) is 4.42 Å². The molecule has 1 aliphatic rings. The molecule has 88 valence electrons. The number of aliphatic hydroxyl groups excluding tert-OH is 1. The minimum absolute atomic E-state index is 0.0763. The maximum atomic E-state index is 11.8. The third-order valence-electron chi connectivity index (χ3n) is 3.14. The van der Waals surface area contributed by atoms with Crippen LogP contribution in [-0.2, 0) is 0 Å². The molecule has 1 aromatic rings. The van der Waals surface area contributed by atoms with Crippen molar-refractivity contribution in [3.63, 3.8) is 0 Å². The molecule has 0 saturated heterocycles. The summed E-state index contributed by atoms with van der Waals surface area (Å²) >= 11 is 0. The Bertz CT molecular complexity index is 364. The lowest BCUT2D eigenvalue weighted by Gasteiger charge is -2.26. The predicted octanol–water partition coefficient (Wildman–Crippen LogP) is 1.62. The number of carbonyl (C=O) groups excluding carboxylic acids is 1. The van der Waals surface area contributed by atoms with Gasteiger partial charge in [-0.15, -0.1) is 0 Å². The molecule has 2 rings (SSSR count). The van der Waals surface area contributed by atoms with Crippen LogP contribution in [0.4, 0.5) is 0 Å². The first-order valence-electron chi connectivity index (χ1n) is 5.70. The van der Waals surface area contributed by atoms with Crippen molar-refractivity contribution in [2.75, 3.05) is 0 Å². The Kier molecular flexibility index (Phi) is 3.29. The quantitative estimate of drug-likeness (QED) is 0.800. The van der Waals surface area contributed by atoms with Crippen LogP contribution in [0.5, 0.6) is 0 Å². The fourth-order valence-electron chi connectivity index (χ4n) is 2.10. The Hall–Kier alpha value is -1.29. The molecule has 1 fully saturated rings. The molecule has 0 radical (unpaired) electrons. The van der Waals surface area contributed by atoms with Crippen molar-refractivity contribution in [1.29, 1.82) is 0 Å². The van der Waals surface area contributed by atoms with E-state index < -0.39 is 0 Å². The highest BCUT2D eigenvalue weighted by molar-refractivity contribution is 5.95. The van der Waals surface area contributed by atoms with Gasteiger partial charge in [0, 0.05) is 6.04 Å². The van der Waals surface area contributed by atoms with Crippen molar-refractivity contribution in [1.82, 2.24) is 5.32 Å². The highest BCUT2D eigenvalue weighted by atomic mass is 16.3. The minimum Gasteiger partial charge on any atom is -0.469 e. The van der Waals surface area contributed by atoms with E-state index in [9.17, 15) is 9.90 Å². The molecule has 1 aliphatic carbocycles. The van der Waals surface area contributed by atoms with Gasteiger partial charge >= 0.3 is 0 Å². The number of amides is 1. The number of rotatable bonds is 2. The molecular formula is C12H17NO3. The first-order chi connectivity index (χ1) is 7.66. The number of nitrogens with one attached hydrogen (secondary N) is 1. The number of carbonyl (C=O) groups is 1. The first-order valence-corrected chi connectivity index (χ1v) is 5.70. The lowest BCUT2D eigenvalue weighted by atomic mass is 9.93. The van der Waals surface area contributed by atoms with Gasteiger partial charge in [-0.25, -0.2) is 0 Å². The Morgan fingerprint density at radius 3 is 2.69 bits per heavy atom. The molecule has 4 heteroatoms. The van der Waals surface area contributed by atoms with Crippen LogP contribution in [0.25, 0.3) is 0 Å². The van der Waals surface area contributed by atoms with Crippen LogP contribution in [-0.4, -0.2) is 23.2 Å². The summed E-state index contributed by atoms with van der Waals surface area (Å²) in [5, 5.41) is 12.3. The van der Waals surface area contributed by atoms with Crippen molar-refractivity contribution in [2.45, 2.75) is 44.8 Å². The predicted molar refractivity (Wildman–Crippen MR) is 59.2 cm³/mol. The third-order valence-corrected chi connectivity index (χ3v) is 3.14. The van der Waals surface area contributed by atoms with Gasteiger partial charge in [0.2, 0.25) is 0 Å². The van der Waals surface area contributed by atoms with E-state index in [1.807, 2.05) is 0 Å². The zero-order chi connectivity index (χ0) is 11.5. The molecule has 1 heterocycles. The maximum absolute atomic E-state index is 11.8. The Labute approximate surface area is 94.6 Å². The maximum Gasteiger partial charge on any atom is 0.255 e. The van der Waals surface area contributed by atoms with Crippen molar-refractivity contribution in [3.05, 3.63) is 23.7 Å². The van der Waals surface area contributed by atoms with E-state index in [1.54, 1.807) is 13.0 Å². The van der Waals surface area contributed by atoms with Gasteiger partial charge < -0.3 is 14.8 Å². The topological polar surface area (TPSA) is 62.5 Å². The largest absolute Gasteiger partial charge is 0.469 e. The fraction of sp³-hybridized carbons (Fsp3) is 0.583. The lowest BCUT2D eigenvalue weighted by molar-refractivity contribution is 0.0866. The van der Waals surface area contributed by atoms with Gasteiger partial charge in [-0.3, -0.25) is 4.79 Å². The van der Waals surface area contributed by atoms with Gasteiger partial charge in [-0.1, -0.05) is 0 Å². The normalized spacial score (nSPS) is 25.4. The van der Waals surface area contributed by atoms with Crippen LogP contribution in [0.2, 0.25) is 0 Å². The summed E-state index contributed by atoms with van der Waals surface area (Å²) in [6.07, 6.45) is 4.58. The third kappa shape index (κ3) is 2.44. The van der Waals surface area contributed by atoms with E-state index in [2.05, 4.69) is 5.32 Å². The standard InChI is InChI=1S/C12H17NO3/c1-8-11(6-7-16-8)12(15)13-9-2-4-10(14)5-3-9/h6-7,9-10,14H,2-5H2,1H3,(H,13,15). The number of aryl methyl sites for hydroxylation is 1. The molecule has 1 aromatic heterocycles. The van der Waals surface area contributed by atoms with E-state index in [0.717, 1.165) is 25.7 Å². The molecule has 16 heavy (non-hydrogen) atoms. The fourth-order valence-corrected chi connectivity index (χ4v) is 2.10. The molecule has 0 bridgehead atoms. The molecule has 1 amide bonds. The van der Waals surface area contributed by atoms with Gasteiger partial charge in [0.15, 0.2) is 0 Å². The van der Waals surface area contributed by atoms with Crippen LogP contribution in [0, 0.1) is 6.92 Å². The van der Waals surface area contributed by atoms with Crippen molar-refractivity contribution >= 4 is 5.91 Å². The summed E-state index contributed by atoms with van der Waals surface area (Å²) in [5.74, 6) is 0.570. The zero-order valence-electron chi connectivity index (χ0n) is 9.40. The summed E-state index contributed by atoms with van der Waals surface area (Å²) < 4.78 is 5.09. The summed E-state index contributed by atoms with van der Waals surface area (Å²) in [4.78, 5) is 11.8. The van der Waals surface area contributed by atoms with Crippen molar-refractivity contribution < 1.29 is 14.3 Å². The highest BCUT2D eigenvalue weighted by Gasteiger charge is 2.22. The minimum atomic E-state index is -0.191. The number of aliphatic hydroxyl groups is 1. The number of hydrogen-bond acceptors (Lipinski definition) is 3. The Morgan fingerprint density at radius 2 is 2.12 bits per heavy atom. The zero-order valence-corrected chi connectivity index (χ0v) is 9.40. The molecule has 0 atom stereocenters. The van der Waals surface area contributed by atoms with E-state index in [1.165, 1.54) is 6.26 Å². The van der Waals surface area contributed by atoms with Crippen molar-refractivity contribution in [2.24, 2.45) is 0 Å². The smallest absolute Gasteiger partial charge is 0.255 e. The van der Waals surface area contributed by atoms with E-state index >= 15 is 0 Å². The SMILES string of the molecule is Cc1occc1C(=O)NC1CCC(O)CC1. The van der Waals surface area contributed by atoms with Gasteiger partial charge in [0.05, 0.1) is 17.9 Å². The summed E-state index contributed by atoms with van der Waals surface area (Å²) in [6.45, 7) is 1.78. The Morgan fingerprint density at radius 1 is 1.44 bits per heavy atom. The van der Waals surface area contributed by atoms with Crippen LogP contribution in [0.3, 0.4) is 0 Å². The first kappa shape index (κ1) is 11.2. The van der Waals surface area contributed by atoms with Gasteiger partial charge in [-0.2, -0.15) is 0 Å². The van der Waals surface area contributed by atoms with Crippen LogP contribution >= 0.6 is 0 Å². The molecule has 0 aromatic carbocycles. The number of furan rings is 1. The van der Waals surface area contributed by atoms with E-state index in [-0.39, 0.29) is 18.1 Å². The molecule has 4 nitrogen and oxygen atoms in total. The molecular weight excluding hydrogens is 206 g/mol. The van der Waals surface area contributed by atoms with Gasteiger partial charge in [0.25, 0.3) is 5.91 Å². The Balaban J connectivity index is 1.91. The summed E-state index contributed by atoms with van der Waals surface area (Å²) in [6, 6.07) is 1.87. The second-order valence-corrected chi connectivity index (χ2v) is 4.37.